The predicted molar refractivity (Wildman–Crippen MR) is 67.2 cm³/mol. The highest BCUT2D eigenvalue weighted by Crippen LogP contribution is 2.23. The van der Waals surface area contributed by atoms with Gasteiger partial charge in [-0.25, -0.2) is 0 Å². The molecule has 3 N–H and O–H groups in total. The smallest absolute Gasteiger partial charge is 0.168 e. The van der Waals surface area contributed by atoms with Crippen LogP contribution in [0.5, 0.6) is 5.75 Å². The molecule has 0 spiro atoms. The van der Waals surface area contributed by atoms with Gasteiger partial charge in [0.05, 0.1) is 5.69 Å². The summed E-state index contributed by atoms with van der Waals surface area (Å²) in [6, 6.07) is 7.48. The van der Waals surface area contributed by atoms with Crippen LogP contribution >= 0.6 is 12.2 Å². The van der Waals surface area contributed by atoms with E-state index in [4.69, 9.17) is 22.7 Å². The summed E-state index contributed by atoms with van der Waals surface area (Å²) in [5, 5.41) is 3.08. The maximum Gasteiger partial charge on any atom is 0.168 e. The van der Waals surface area contributed by atoms with Crippen LogP contribution in [0.15, 0.2) is 36.4 Å². The molecule has 0 fully saturated rings. The fraction of sp³-hybridized carbons (Fsp3) is 0.182. The minimum absolute atomic E-state index is 0.223. The Labute approximate surface area is 94.9 Å². The second-order valence-corrected chi connectivity index (χ2v) is 3.67. The molecule has 0 aliphatic heterocycles. The van der Waals surface area contributed by atoms with E-state index in [2.05, 4.69) is 11.9 Å². The Hall–Kier alpha value is -1.55. The number of ether oxygens (including phenoxy) is 1. The average molecular weight is 222 g/mol. The monoisotopic (exact) mass is 222 g/mol. The number of benzene rings is 1. The summed E-state index contributed by atoms with van der Waals surface area (Å²) in [5.74, 6) is 0.716. The van der Waals surface area contributed by atoms with E-state index >= 15 is 0 Å². The van der Waals surface area contributed by atoms with Gasteiger partial charge in [0.15, 0.2) is 5.11 Å². The Morgan fingerprint density at radius 2 is 2.20 bits per heavy atom. The van der Waals surface area contributed by atoms with Gasteiger partial charge in [-0.1, -0.05) is 18.7 Å². The van der Waals surface area contributed by atoms with Crippen LogP contribution in [0.3, 0.4) is 0 Å². The van der Waals surface area contributed by atoms with Gasteiger partial charge >= 0.3 is 0 Å². The highest BCUT2D eigenvalue weighted by atomic mass is 32.1. The largest absolute Gasteiger partial charge is 0.487 e. The molecule has 0 aliphatic carbocycles. The SMILES string of the molecule is C=C(C)COc1ccccc1NC(N)=S. The normalized spacial score (nSPS) is 9.40. The van der Waals surface area contributed by atoms with Crippen molar-refractivity contribution in [3.63, 3.8) is 0 Å². The molecule has 0 aliphatic rings. The number of hydrogen-bond donors (Lipinski definition) is 2. The minimum Gasteiger partial charge on any atom is -0.487 e. The summed E-state index contributed by atoms with van der Waals surface area (Å²) in [6.07, 6.45) is 0. The quantitative estimate of drug-likeness (QED) is 0.606. The van der Waals surface area contributed by atoms with Crippen molar-refractivity contribution < 1.29 is 4.74 Å². The molecule has 0 aromatic heterocycles. The summed E-state index contributed by atoms with van der Waals surface area (Å²) in [7, 11) is 0. The maximum atomic E-state index is 5.52. The topological polar surface area (TPSA) is 47.3 Å². The van der Waals surface area contributed by atoms with Crippen molar-refractivity contribution >= 4 is 23.0 Å². The first kappa shape index (κ1) is 11.5. The van der Waals surface area contributed by atoms with E-state index in [-0.39, 0.29) is 5.11 Å². The van der Waals surface area contributed by atoms with Crippen molar-refractivity contribution in [2.45, 2.75) is 6.92 Å². The number of para-hydroxylation sites is 2. The lowest BCUT2D eigenvalue weighted by Crippen LogP contribution is -2.19. The van der Waals surface area contributed by atoms with Crippen molar-refractivity contribution in [1.29, 1.82) is 0 Å². The van der Waals surface area contributed by atoms with Gasteiger partial charge in [-0.3, -0.25) is 0 Å². The molecule has 0 amide bonds. The zero-order valence-electron chi connectivity index (χ0n) is 8.62. The zero-order valence-corrected chi connectivity index (χ0v) is 9.43. The number of hydrogen-bond acceptors (Lipinski definition) is 2. The number of nitrogens with two attached hydrogens (primary N) is 1. The van der Waals surface area contributed by atoms with Gasteiger partial charge in [0.25, 0.3) is 0 Å². The van der Waals surface area contributed by atoms with Crippen LogP contribution < -0.4 is 15.8 Å². The van der Waals surface area contributed by atoms with Gasteiger partial charge in [0, 0.05) is 0 Å². The number of nitrogens with one attached hydrogen (secondary N) is 1. The molecular weight excluding hydrogens is 208 g/mol. The van der Waals surface area contributed by atoms with E-state index in [9.17, 15) is 0 Å². The Balaban J connectivity index is 2.76. The summed E-state index contributed by atoms with van der Waals surface area (Å²) in [5.41, 5.74) is 7.12. The lowest BCUT2D eigenvalue weighted by atomic mass is 10.3. The molecule has 0 heterocycles. The van der Waals surface area contributed by atoms with Crippen LogP contribution in [-0.2, 0) is 0 Å². The molecular formula is C11H14N2OS. The lowest BCUT2D eigenvalue weighted by Gasteiger charge is -2.11. The van der Waals surface area contributed by atoms with Gasteiger partial charge in [-0.05, 0) is 36.8 Å². The first-order valence-corrected chi connectivity index (χ1v) is 4.93. The minimum atomic E-state index is 0.223. The van der Waals surface area contributed by atoms with E-state index in [1.54, 1.807) is 0 Å². The molecule has 0 saturated carbocycles. The van der Waals surface area contributed by atoms with Crippen molar-refractivity contribution in [2.75, 3.05) is 11.9 Å². The third kappa shape index (κ3) is 3.99. The zero-order chi connectivity index (χ0) is 11.3. The Kier molecular flexibility index (Phi) is 4.12. The van der Waals surface area contributed by atoms with E-state index in [0.29, 0.717) is 12.4 Å². The van der Waals surface area contributed by atoms with Crippen molar-refractivity contribution in [3.05, 3.63) is 36.4 Å². The first-order chi connectivity index (χ1) is 7.09. The van der Waals surface area contributed by atoms with E-state index in [0.717, 1.165) is 11.3 Å². The van der Waals surface area contributed by atoms with E-state index in [1.165, 1.54) is 0 Å². The Morgan fingerprint density at radius 3 is 2.80 bits per heavy atom. The van der Waals surface area contributed by atoms with E-state index in [1.807, 2.05) is 31.2 Å². The van der Waals surface area contributed by atoms with Crippen LogP contribution in [0.2, 0.25) is 0 Å². The van der Waals surface area contributed by atoms with Crippen LogP contribution in [0.1, 0.15) is 6.92 Å². The van der Waals surface area contributed by atoms with Gasteiger partial charge in [0.1, 0.15) is 12.4 Å². The van der Waals surface area contributed by atoms with E-state index < -0.39 is 0 Å². The molecule has 0 unspecified atom stereocenters. The molecule has 0 radical (unpaired) electrons. The maximum absolute atomic E-state index is 5.52. The van der Waals surface area contributed by atoms with Gasteiger partial charge in [-0.15, -0.1) is 0 Å². The summed E-state index contributed by atoms with van der Waals surface area (Å²) < 4.78 is 5.52. The molecule has 1 aromatic rings. The fourth-order valence-electron chi connectivity index (χ4n) is 1.03. The summed E-state index contributed by atoms with van der Waals surface area (Å²) >= 11 is 4.77. The summed E-state index contributed by atoms with van der Waals surface area (Å²) in [4.78, 5) is 0. The molecule has 0 saturated heterocycles. The molecule has 4 heteroatoms. The standard InChI is InChI=1S/C11H14N2OS/c1-8(2)7-14-10-6-4-3-5-9(10)13-11(12)15/h3-6H,1,7H2,2H3,(H3,12,13,15). The van der Waals surface area contributed by atoms with Crippen molar-refractivity contribution in [3.8, 4) is 5.75 Å². The first-order valence-electron chi connectivity index (χ1n) is 4.52. The summed E-state index contributed by atoms with van der Waals surface area (Å²) in [6.45, 7) is 6.15. The van der Waals surface area contributed by atoms with Crippen LogP contribution in [0.25, 0.3) is 0 Å². The van der Waals surface area contributed by atoms with Gasteiger partial charge in [-0.2, -0.15) is 0 Å². The molecule has 80 valence electrons. The molecule has 3 nitrogen and oxygen atoms in total. The fourth-order valence-corrected chi connectivity index (χ4v) is 1.14. The lowest BCUT2D eigenvalue weighted by molar-refractivity contribution is 0.354. The second-order valence-electron chi connectivity index (χ2n) is 3.23. The number of anilines is 1. The van der Waals surface area contributed by atoms with Crippen molar-refractivity contribution in [2.24, 2.45) is 5.73 Å². The van der Waals surface area contributed by atoms with Crippen LogP contribution in [0, 0.1) is 0 Å². The molecule has 1 rings (SSSR count). The predicted octanol–water partition coefficient (Wildman–Crippen LogP) is 2.30. The Morgan fingerprint density at radius 1 is 1.53 bits per heavy atom. The molecule has 0 atom stereocenters. The number of rotatable bonds is 4. The van der Waals surface area contributed by atoms with Crippen LogP contribution in [0.4, 0.5) is 5.69 Å². The Bertz CT molecular complexity index is 377. The molecule has 1 aromatic carbocycles. The molecule has 0 bridgehead atoms. The third-order valence-electron chi connectivity index (χ3n) is 1.62. The highest BCUT2D eigenvalue weighted by Gasteiger charge is 2.02. The highest BCUT2D eigenvalue weighted by molar-refractivity contribution is 7.80. The van der Waals surface area contributed by atoms with Gasteiger partial charge in [0.2, 0.25) is 0 Å². The number of thiocarbonyl (C=S) groups is 1. The van der Waals surface area contributed by atoms with Crippen LogP contribution in [-0.4, -0.2) is 11.7 Å². The molecule has 15 heavy (non-hydrogen) atoms. The third-order valence-corrected chi connectivity index (χ3v) is 1.72. The second kappa shape index (κ2) is 5.36. The average Bonchev–Trinajstić information content (AvgIpc) is 2.15. The van der Waals surface area contributed by atoms with Gasteiger partial charge < -0.3 is 15.8 Å². The van der Waals surface area contributed by atoms with Crippen molar-refractivity contribution in [1.82, 2.24) is 0 Å².